The zero-order valence-corrected chi connectivity index (χ0v) is 13.1. The van der Waals surface area contributed by atoms with Gasteiger partial charge in [-0.1, -0.05) is 48.0 Å². The number of rotatable bonds is 5. The Kier molecular flexibility index (Phi) is 4.29. The number of hydrogen-bond acceptors (Lipinski definition) is 2. The highest BCUT2D eigenvalue weighted by Crippen LogP contribution is 2.20. The lowest BCUT2D eigenvalue weighted by Gasteiger charge is -2.11. The van der Waals surface area contributed by atoms with Gasteiger partial charge in [0.05, 0.1) is 6.54 Å². The molecular weight excluding hydrogens is 270 g/mol. The first-order chi connectivity index (χ1) is 10.7. The normalized spacial score (nSPS) is 10.6. The van der Waals surface area contributed by atoms with Crippen LogP contribution in [0, 0.1) is 13.8 Å². The number of benzene rings is 2. The maximum atomic E-state index is 5.61. The number of para-hydroxylation sites is 1. The van der Waals surface area contributed by atoms with E-state index < -0.39 is 0 Å². The van der Waals surface area contributed by atoms with Gasteiger partial charge in [-0.25, -0.2) is 0 Å². The lowest BCUT2D eigenvalue weighted by Crippen LogP contribution is -2.02. The molecule has 0 spiro atoms. The summed E-state index contributed by atoms with van der Waals surface area (Å²) in [4.78, 5) is 0. The van der Waals surface area contributed by atoms with Crippen LogP contribution in [0.2, 0.25) is 0 Å². The Morgan fingerprint density at radius 3 is 2.36 bits per heavy atom. The lowest BCUT2D eigenvalue weighted by molar-refractivity contribution is 0.490. The van der Waals surface area contributed by atoms with Crippen LogP contribution >= 0.6 is 0 Å². The van der Waals surface area contributed by atoms with Crippen LogP contribution in [0.1, 0.15) is 28.2 Å². The van der Waals surface area contributed by atoms with Crippen molar-refractivity contribution in [1.82, 2.24) is 0 Å². The largest absolute Gasteiger partial charge is 0.465 e. The highest BCUT2D eigenvalue weighted by atomic mass is 16.3. The van der Waals surface area contributed by atoms with Crippen molar-refractivity contribution in [2.24, 2.45) is 0 Å². The lowest BCUT2D eigenvalue weighted by atomic mass is 10.0. The van der Waals surface area contributed by atoms with Crippen molar-refractivity contribution in [3.8, 4) is 0 Å². The van der Waals surface area contributed by atoms with Crippen LogP contribution in [0.15, 0.2) is 65.1 Å². The van der Waals surface area contributed by atoms with Crippen molar-refractivity contribution >= 4 is 5.69 Å². The van der Waals surface area contributed by atoms with Gasteiger partial charge in [0.15, 0.2) is 0 Å². The molecule has 0 aliphatic carbocycles. The highest BCUT2D eigenvalue weighted by Gasteiger charge is 2.04. The minimum Gasteiger partial charge on any atom is -0.465 e. The van der Waals surface area contributed by atoms with E-state index in [0.29, 0.717) is 6.54 Å². The second-order valence-corrected chi connectivity index (χ2v) is 5.69. The molecule has 0 saturated carbocycles. The van der Waals surface area contributed by atoms with Crippen LogP contribution in [-0.4, -0.2) is 0 Å². The Morgan fingerprint density at radius 1 is 0.864 bits per heavy atom. The molecule has 22 heavy (non-hydrogen) atoms. The smallest absolute Gasteiger partial charge is 0.123 e. The predicted molar refractivity (Wildman–Crippen MR) is 91.2 cm³/mol. The Bertz CT molecular complexity index is 740. The van der Waals surface area contributed by atoms with Gasteiger partial charge in [0.2, 0.25) is 0 Å². The quantitative estimate of drug-likeness (QED) is 0.707. The van der Waals surface area contributed by atoms with Gasteiger partial charge >= 0.3 is 0 Å². The van der Waals surface area contributed by atoms with Crippen LogP contribution in [0.25, 0.3) is 0 Å². The van der Waals surface area contributed by atoms with Gasteiger partial charge in [0.1, 0.15) is 11.5 Å². The fourth-order valence-corrected chi connectivity index (χ4v) is 2.54. The van der Waals surface area contributed by atoms with Crippen LogP contribution in [0.5, 0.6) is 0 Å². The van der Waals surface area contributed by atoms with Gasteiger partial charge in [0.25, 0.3) is 0 Å². The van der Waals surface area contributed by atoms with E-state index in [1.54, 1.807) is 0 Å². The molecule has 0 aliphatic heterocycles. The van der Waals surface area contributed by atoms with Crippen LogP contribution in [0.3, 0.4) is 0 Å². The number of nitrogens with one attached hydrogen (secondary N) is 1. The van der Waals surface area contributed by atoms with Crippen LogP contribution < -0.4 is 5.32 Å². The van der Waals surface area contributed by atoms with E-state index in [4.69, 9.17) is 4.42 Å². The predicted octanol–water partition coefficient (Wildman–Crippen LogP) is 5.10. The molecule has 2 aromatic carbocycles. The zero-order valence-electron chi connectivity index (χ0n) is 13.1. The first kappa shape index (κ1) is 14.5. The number of furan rings is 1. The summed E-state index contributed by atoms with van der Waals surface area (Å²) in [6, 6.07) is 21.2. The number of hydrogen-bond donors (Lipinski definition) is 1. The van der Waals surface area contributed by atoms with Gasteiger partial charge in [-0.15, -0.1) is 0 Å². The minimum absolute atomic E-state index is 0.707. The average Bonchev–Trinajstić information content (AvgIpc) is 2.94. The first-order valence-electron chi connectivity index (χ1n) is 7.63. The SMILES string of the molecule is Cc1ccc(Cc2ccccc2NCc2ccc(C)o2)cc1. The molecule has 0 saturated heterocycles. The summed E-state index contributed by atoms with van der Waals surface area (Å²) in [5, 5.41) is 3.48. The van der Waals surface area contributed by atoms with Crippen molar-refractivity contribution in [2.75, 3.05) is 5.32 Å². The van der Waals surface area contributed by atoms with E-state index in [-0.39, 0.29) is 0 Å². The number of anilines is 1. The second-order valence-electron chi connectivity index (χ2n) is 5.69. The molecule has 0 aliphatic rings. The molecule has 0 radical (unpaired) electrons. The minimum atomic E-state index is 0.707. The standard InChI is InChI=1S/C20H21NO/c1-15-7-10-17(11-8-15)13-18-5-3-4-6-20(18)21-14-19-12-9-16(2)22-19/h3-12,21H,13-14H2,1-2H3. The fraction of sp³-hybridized carbons (Fsp3) is 0.200. The van der Waals surface area contributed by atoms with E-state index in [2.05, 4.69) is 60.8 Å². The Balaban J connectivity index is 1.73. The van der Waals surface area contributed by atoms with Crippen molar-refractivity contribution in [3.05, 3.63) is 88.9 Å². The van der Waals surface area contributed by atoms with Gasteiger partial charge in [-0.05, 0) is 49.6 Å². The van der Waals surface area contributed by atoms with Crippen molar-refractivity contribution < 1.29 is 4.42 Å². The molecule has 1 heterocycles. The first-order valence-corrected chi connectivity index (χ1v) is 7.63. The summed E-state index contributed by atoms with van der Waals surface area (Å²) in [6.45, 7) is 4.79. The summed E-state index contributed by atoms with van der Waals surface area (Å²) in [7, 11) is 0. The van der Waals surface area contributed by atoms with Gasteiger partial charge < -0.3 is 9.73 Å². The maximum Gasteiger partial charge on any atom is 0.123 e. The summed E-state index contributed by atoms with van der Waals surface area (Å²) < 4.78 is 5.61. The topological polar surface area (TPSA) is 25.2 Å². The van der Waals surface area contributed by atoms with Crippen molar-refractivity contribution in [2.45, 2.75) is 26.8 Å². The molecule has 3 aromatic rings. The van der Waals surface area contributed by atoms with E-state index in [9.17, 15) is 0 Å². The van der Waals surface area contributed by atoms with Gasteiger partial charge in [0, 0.05) is 5.69 Å². The Hall–Kier alpha value is -2.48. The third kappa shape index (κ3) is 3.59. The molecule has 0 bridgehead atoms. The molecule has 0 unspecified atom stereocenters. The average molecular weight is 291 g/mol. The van der Waals surface area contributed by atoms with Gasteiger partial charge in [-0.3, -0.25) is 0 Å². The van der Waals surface area contributed by atoms with Crippen LogP contribution in [-0.2, 0) is 13.0 Å². The molecule has 2 heteroatoms. The van der Waals surface area contributed by atoms with Gasteiger partial charge in [-0.2, -0.15) is 0 Å². The van der Waals surface area contributed by atoms with E-state index >= 15 is 0 Å². The molecule has 1 aromatic heterocycles. The monoisotopic (exact) mass is 291 g/mol. The summed E-state index contributed by atoms with van der Waals surface area (Å²) >= 11 is 0. The molecule has 2 nitrogen and oxygen atoms in total. The molecule has 0 amide bonds. The van der Waals surface area contributed by atoms with Crippen LogP contribution in [0.4, 0.5) is 5.69 Å². The summed E-state index contributed by atoms with van der Waals surface area (Å²) in [6.07, 6.45) is 0.931. The Labute approximate surface area is 131 Å². The zero-order chi connectivity index (χ0) is 15.4. The summed E-state index contributed by atoms with van der Waals surface area (Å²) in [5.41, 5.74) is 5.09. The fourth-order valence-electron chi connectivity index (χ4n) is 2.54. The van der Waals surface area contributed by atoms with E-state index in [1.807, 2.05) is 19.1 Å². The third-order valence-corrected chi connectivity index (χ3v) is 3.78. The maximum absolute atomic E-state index is 5.61. The summed E-state index contributed by atoms with van der Waals surface area (Å²) in [5.74, 6) is 1.91. The third-order valence-electron chi connectivity index (χ3n) is 3.78. The highest BCUT2D eigenvalue weighted by molar-refractivity contribution is 5.53. The molecule has 3 rings (SSSR count). The number of aryl methyl sites for hydroxylation is 2. The van der Waals surface area contributed by atoms with E-state index in [0.717, 1.165) is 23.6 Å². The van der Waals surface area contributed by atoms with Crippen molar-refractivity contribution in [3.63, 3.8) is 0 Å². The van der Waals surface area contributed by atoms with Crippen molar-refractivity contribution in [1.29, 1.82) is 0 Å². The second kappa shape index (κ2) is 6.52. The molecule has 0 fully saturated rings. The molecule has 0 atom stereocenters. The van der Waals surface area contributed by atoms with E-state index in [1.165, 1.54) is 16.7 Å². The molecule has 1 N–H and O–H groups in total. The molecular formula is C20H21NO. The molecule has 112 valence electrons. The Morgan fingerprint density at radius 2 is 1.64 bits per heavy atom.